The molecule has 4 rings (SSSR count). The van der Waals surface area contributed by atoms with Gasteiger partial charge in [0.15, 0.2) is 0 Å². The first-order chi connectivity index (χ1) is 20.6. The zero-order valence-electron chi connectivity index (χ0n) is 25.7. The Hall–Kier alpha value is -3.65. The third kappa shape index (κ3) is 9.68. The van der Waals surface area contributed by atoms with Crippen LogP contribution in [0, 0.1) is 13.8 Å². The molecule has 230 valence electrons. The SMILES string of the molecule is Cc1ccc(CN(C(=O)CCCN(c2ccc(C)cc2)S(C)(=O)=O)[C@@H](Cc2ccccc2)C(=O)NC2CCCCC2)cc1. The van der Waals surface area contributed by atoms with Crippen molar-refractivity contribution in [2.45, 2.75) is 83.8 Å². The van der Waals surface area contributed by atoms with Gasteiger partial charge in [0.1, 0.15) is 6.04 Å². The summed E-state index contributed by atoms with van der Waals surface area (Å²) in [5, 5.41) is 3.27. The molecule has 0 saturated heterocycles. The van der Waals surface area contributed by atoms with Crippen LogP contribution in [-0.2, 0) is 32.6 Å². The molecule has 3 aromatic rings. The second-order valence-electron chi connectivity index (χ2n) is 11.8. The van der Waals surface area contributed by atoms with Gasteiger partial charge in [-0.1, -0.05) is 97.1 Å². The molecule has 7 nitrogen and oxygen atoms in total. The minimum atomic E-state index is -3.54. The molecule has 43 heavy (non-hydrogen) atoms. The van der Waals surface area contributed by atoms with E-state index >= 15 is 0 Å². The molecular weight excluding hydrogens is 558 g/mol. The minimum Gasteiger partial charge on any atom is -0.352 e. The minimum absolute atomic E-state index is 0.117. The smallest absolute Gasteiger partial charge is 0.243 e. The molecule has 0 heterocycles. The van der Waals surface area contributed by atoms with Gasteiger partial charge in [0.25, 0.3) is 0 Å². The first kappa shape index (κ1) is 32.3. The van der Waals surface area contributed by atoms with E-state index in [-0.39, 0.29) is 30.8 Å². The Balaban J connectivity index is 1.58. The van der Waals surface area contributed by atoms with Crippen LogP contribution >= 0.6 is 0 Å². The standard InChI is InChI=1S/C35H45N3O4S/c1-27-16-20-30(21-17-27)26-37(34(39)15-10-24-38(43(3,41)42)32-22-18-28(2)19-23-32)33(25-29-11-6-4-7-12-29)35(40)36-31-13-8-5-9-14-31/h4,6-7,11-12,16-23,31,33H,5,8-10,13-15,24-26H2,1-3H3,(H,36,40)/t33-/m0/s1. The van der Waals surface area contributed by atoms with Gasteiger partial charge in [-0.15, -0.1) is 0 Å². The van der Waals surface area contributed by atoms with Crippen molar-refractivity contribution < 1.29 is 18.0 Å². The van der Waals surface area contributed by atoms with Crippen LogP contribution in [0.4, 0.5) is 5.69 Å². The van der Waals surface area contributed by atoms with Crippen LogP contribution in [-0.4, -0.2) is 50.0 Å². The molecule has 0 bridgehead atoms. The van der Waals surface area contributed by atoms with Crippen molar-refractivity contribution in [1.82, 2.24) is 10.2 Å². The fourth-order valence-electron chi connectivity index (χ4n) is 5.70. The lowest BCUT2D eigenvalue weighted by Gasteiger charge is -2.34. The molecule has 1 aliphatic rings. The Morgan fingerprint density at radius 2 is 1.44 bits per heavy atom. The highest BCUT2D eigenvalue weighted by atomic mass is 32.2. The Morgan fingerprint density at radius 1 is 0.837 bits per heavy atom. The van der Waals surface area contributed by atoms with Gasteiger partial charge in [-0.25, -0.2) is 8.42 Å². The predicted octanol–water partition coefficient (Wildman–Crippen LogP) is 5.94. The fourth-order valence-corrected chi connectivity index (χ4v) is 6.67. The summed E-state index contributed by atoms with van der Waals surface area (Å²) in [6.45, 7) is 4.43. The second-order valence-corrected chi connectivity index (χ2v) is 13.7. The van der Waals surface area contributed by atoms with Gasteiger partial charge in [0.05, 0.1) is 11.9 Å². The highest BCUT2D eigenvalue weighted by molar-refractivity contribution is 7.92. The number of sulfonamides is 1. The molecule has 0 aliphatic heterocycles. The van der Waals surface area contributed by atoms with E-state index in [1.165, 1.54) is 17.0 Å². The molecule has 8 heteroatoms. The summed E-state index contributed by atoms with van der Waals surface area (Å²) < 4.78 is 26.7. The van der Waals surface area contributed by atoms with Gasteiger partial charge in [0, 0.05) is 32.0 Å². The predicted molar refractivity (Wildman–Crippen MR) is 173 cm³/mol. The molecular formula is C35H45N3O4S. The zero-order valence-corrected chi connectivity index (χ0v) is 26.5. The third-order valence-corrected chi connectivity index (χ3v) is 9.36. The number of carbonyl (C=O) groups excluding carboxylic acids is 2. The van der Waals surface area contributed by atoms with E-state index in [4.69, 9.17) is 0 Å². The number of hydrogen-bond donors (Lipinski definition) is 1. The maximum absolute atomic E-state index is 14.0. The van der Waals surface area contributed by atoms with E-state index in [0.29, 0.717) is 25.1 Å². The van der Waals surface area contributed by atoms with Crippen molar-refractivity contribution in [2.24, 2.45) is 0 Å². The normalized spacial score (nSPS) is 14.6. The van der Waals surface area contributed by atoms with Gasteiger partial charge >= 0.3 is 0 Å². The number of aryl methyl sites for hydroxylation is 2. The summed E-state index contributed by atoms with van der Waals surface area (Å²) >= 11 is 0. The number of nitrogens with one attached hydrogen (secondary N) is 1. The van der Waals surface area contributed by atoms with E-state index in [1.807, 2.05) is 80.6 Å². The van der Waals surface area contributed by atoms with E-state index in [1.54, 1.807) is 17.0 Å². The number of carbonyl (C=O) groups is 2. The molecule has 1 N–H and O–H groups in total. The van der Waals surface area contributed by atoms with Crippen molar-refractivity contribution in [3.63, 3.8) is 0 Å². The molecule has 0 radical (unpaired) electrons. The van der Waals surface area contributed by atoms with Crippen LogP contribution in [0.15, 0.2) is 78.9 Å². The lowest BCUT2D eigenvalue weighted by Crippen LogP contribution is -2.52. The van der Waals surface area contributed by atoms with Gasteiger partial charge < -0.3 is 10.2 Å². The lowest BCUT2D eigenvalue weighted by molar-refractivity contribution is -0.141. The molecule has 0 unspecified atom stereocenters. The average Bonchev–Trinajstić information content (AvgIpc) is 2.99. The monoisotopic (exact) mass is 603 g/mol. The number of amides is 2. The fraction of sp³-hybridized carbons (Fsp3) is 0.429. The Bertz CT molecular complexity index is 1430. The number of benzene rings is 3. The van der Waals surface area contributed by atoms with Crippen LogP contribution in [0.25, 0.3) is 0 Å². The number of nitrogens with zero attached hydrogens (tertiary/aromatic N) is 2. The second kappa shape index (κ2) is 15.2. The average molecular weight is 604 g/mol. The first-order valence-corrected chi connectivity index (χ1v) is 17.2. The van der Waals surface area contributed by atoms with Gasteiger partial charge in [-0.2, -0.15) is 0 Å². The Morgan fingerprint density at radius 3 is 2.05 bits per heavy atom. The molecule has 1 aliphatic carbocycles. The third-order valence-electron chi connectivity index (χ3n) is 8.17. The number of rotatable bonds is 13. The molecule has 3 aromatic carbocycles. The highest BCUT2D eigenvalue weighted by Gasteiger charge is 2.32. The molecule has 1 saturated carbocycles. The first-order valence-electron chi connectivity index (χ1n) is 15.3. The summed E-state index contributed by atoms with van der Waals surface area (Å²) in [6, 6.07) is 24.6. The van der Waals surface area contributed by atoms with Crippen molar-refractivity contribution in [3.8, 4) is 0 Å². The zero-order chi connectivity index (χ0) is 30.8. The van der Waals surface area contributed by atoms with Crippen LogP contribution < -0.4 is 9.62 Å². The van der Waals surface area contributed by atoms with Crippen LogP contribution in [0.2, 0.25) is 0 Å². The van der Waals surface area contributed by atoms with Gasteiger partial charge in [-0.05, 0) is 56.4 Å². The summed E-state index contributed by atoms with van der Waals surface area (Å²) in [5.41, 5.74) is 4.66. The lowest BCUT2D eigenvalue weighted by atomic mass is 9.94. The molecule has 0 spiro atoms. The summed E-state index contributed by atoms with van der Waals surface area (Å²) in [6.07, 6.45) is 7.31. The van der Waals surface area contributed by atoms with Crippen LogP contribution in [0.3, 0.4) is 0 Å². The van der Waals surface area contributed by atoms with Crippen molar-refractivity contribution >= 4 is 27.5 Å². The number of anilines is 1. The van der Waals surface area contributed by atoms with E-state index in [9.17, 15) is 18.0 Å². The van der Waals surface area contributed by atoms with Crippen LogP contribution in [0.1, 0.15) is 67.2 Å². The maximum atomic E-state index is 14.0. The van der Waals surface area contributed by atoms with Crippen molar-refractivity contribution in [1.29, 1.82) is 0 Å². The Kier molecular flexibility index (Phi) is 11.4. The highest BCUT2D eigenvalue weighted by Crippen LogP contribution is 2.22. The molecule has 0 aromatic heterocycles. The molecule has 2 amide bonds. The quantitative estimate of drug-likeness (QED) is 0.262. The van der Waals surface area contributed by atoms with Crippen molar-refractivity contribution in [2.75, 3.05) is 17.1 Å². The summed E-state index contributed by atoms with van der Waals surface area (Å²) in [7, 11) is -3.54. The maximum Gasteiger partial charge on any atom is 0.243 e. The summed E-state index contributed by atoms with van der Waals surface area (Å²) in [5.74, 6) is -0.300. The van der Waals surface area contributed by atoms with Crippen LogP contribution in [0.5, 0.6) is 0 Å². The van der Waals surface area contributed by atoms with Gasteiger partial charge in [0.2, 0.25) is 21.8 Å². The van der Waals surface area contributed by atoms with E-state index in [0.717, 1.165) is 47.9 Å². The summed E-state index contributed by atoms with van der Waals surface area (Å²) in [4.78, 5) is 29.7. The largest absolute Gasteiger partial charge is 0.352 e. The van der Waals surface area contributed by atoms with Crippen molar-refractivity contribution in [3.05, 3.63) is 101 Å². The Labute approximate surface area is 257 Å². The van der Waals surface area contributed by atoms with E-state index < -0.39 is 16.1 Å². The molecule has 1 atom stereocenters. The van der Waals surface area contributed by atoms with E-state index in [2.05, 4.69) is 5.32 Å². The molecule has 1 fully saturated rings. The van der Waals surface area contributed by atoms with Gasteiger partial charge in [-0.3, -0.25) is 13.9 Å². The number of hydrogen-bond acceptors (Lipinski definition) is 4. The topological polar surface area (TPSA) is 86.8 Å².